The third-order valence-corrected chi connectivity index (χ3v) is 4.04. The Morgan fingerprint density at radius 2 is 2.21 bits per heavy atom. The van der Waals surface area contributed by atoms with Gasteiger partial charge in [-0.25, -0.2) is 0 Å². The maximum Gasteiger partial charge on any atom is 0.255 e. The van der Waals surface area contributed by atoms with Gasteiger partial charge in [-0.05, 0) is 43.9 Å². The van der Waals surface area contributed by atoms with Crippen molar-refractivity contribution in [2.75, 3.05) is 13.2 Å². The highest BCUT2D eigenvalue weighted by Crippen LogP contribution is 2.27. The Morgan fingerprint density at radius 1 is 1.42 bits per heavy atom. The molecule has 19 heavy (non-hydrogen) atoms. The second-order valence-electron chi connectivity index (χ2n) is 4.78. The average molecular weight is 302 g/mol. The lowest BCUT2D eigenvalue weighted by Gasteiger charge is -2.25. The molecule has 104 valence electrons. The van der Waals surface area contributed by atoms with E-state index < -0.39 is 0 Å². The first kappa shape index (κ1) is 14.6. The lowest BCUT2D eigenvalue weighted by Crippen LogP contribution is -2.35. The van der Waals surface area contributed by atoms with Crippen molar-refractivity contribution in [3.8, 4) is 0 Å². The van der Waals surface area contributed by atoms with Crippen molar-refractivity contribution in [2.24, 2.45) is 0 Å². The van der Waals surface area contributed by atoms with Crippen molar-refractivity contribution in [3.63, 3.8) is 0 Å². The zero-order valence-electron chi connectivity index (χ0n) is 10.6. The van der Waals surface area contributed by atoms with E-state index in [4.69, 9.17) is 28.3 Å². The molecule has 1 unspecified atom stereocenters. The molecule has 0 radical (unpaired) electrons. The summed E-state index contributed by atoms with van der Waals surface area (Å²) in [5.41, 5.74) is 0.502. The van der Waals surface area contributed by atoms with Crippen LogP contribution in [0.1, 0.15) is 36.0 Å². The zero-order valence-corrected chi connectivity index (χ0v) is 12.1. The minimum atomic E-state index is -0.0397. The maximum absolute atomic E-state index is 12.5. The van der Waals surface area contributed by atoms with Crippen LogP contribution < -0.4 is 0 Å². The summed E-state index contributed by atoms with van der Waals surface area (Å²) in [6, 6.07) is 5.16. The summed E-state index contributed by atoms with van der Waals surface area (Å²) in [7, 11) is 0. The zero-order chi connectivity index (χ0) is 13.8. The standard InChI is InChI=1S/C14H17Cl2NO2/c15-10-5-6-12(13(16)9-10)14(19)17-7-1-3-11(17)4-2-8-18/h5-6,9,11,18H,1-4,7-8H2. The predicted molar refractivity (Wildman–Crippen MR) is 76.8 cm³/mol. The summed E-state index contributed by atoms with van der Waals surface area (Å²) in [5, 5.41) is 9.83. The molecule has 0 bridgehead atoms. The lowest BCUT2D eigenvalue weighted by molar-refractivity contribution is 0.0724. The first-order valence-electron chi connectivity index (χ1n) is 6.50. The Morgan fingerprint density at radius 3 is 2.89 bits per heavy atom. The van der Waals surface area contributed by atoms with E-state index in [1.807, 2.05) is 4.90 Å². The van der Waals surface area contributed by atoms with Gasteiger partial charge in [0.05, 0.1) is 10.6 Å². The first-order chi connectivity index (χ1) is 9.13. The maximum atomic E-state index is 12.5. The van der Waals surface area contributed by atoms with Gasteiger partial charge in [0.1, 0.15) is 0 Å². The van der Waals surface area contributed by atoms with Gasteiger partial charge < -0.3 is 10.0 Å². The van der Waals surface area contributed by atoms with Crippen LogP contribution in [0.3, 0.4) is 0 Å². The fraction of sp³-hybridized carbons (Fsp3) is 0.500. The van der Waals surface area contributed by atoms with Crippen molar-refractivity contribution >= 4 is 29.1 Å². The lowest BCUT2D eigenvalue weighted by atomic mass is 10.1. The molecule has 1 saturated heterocycles. The number of aliphatic hydroxyl groups is 1. The highest BCUT2D eigenvalue weighted by molar-refractivity contribution is 6.36. The molecule has 0 saturated carbocycles. The summed E-state index contributed by atoms with van der Waals surface area (Å²) in [4.78, 5) is 14.4. The fourth-order valence-electron chi connectivity index (χ4n) is 2.55. The van der Waals surface area contributed by atoms with E-state index in [1.165, 1.54) is 0 Å². The minimum Gasteiger partial charge on any atom is -0.396 e. The van der Waals surface area contributed by atoms with Crippen molar-refractivity contribution in [2.45, 2.75) is 31.7 Å². The predicted octanol–water partition coefficient (Wildman–Crippen LogP) is 3.37. The van der Waals surface area contributed by atoms with Crippen LogP contribution in [0.25, 0.3) is 0 Å². The van der Waals surface area contributed by atoms with Gasteiger partial charge in [0, 0.05) is 24.2 Å². The monoisotopic (exact) mass is 301 g/mol. The Balaban J connectivity index is 2.13. The number of likely N-dealkylation sites (tertiary alicyclic amines) is 1. The van der Waals surface area contributed by atoms with Crippen molar-refractivity contribution in [1.29, 1.82) is 0 Å². The van der Waals surface area contributed by atoms with Crippen LogP contribution in [0.2, 0.25) is 10.0 Å². The molecule has 0 aromatic heterocycles. The number of rotatable bonds is 4. The normalized spacial score (nSPS) is 18.9. The van der Waals surface area contributed by atoms with Crippen LogP contribution >= 0.6 is 23.2 Å². The van der Waals surface area contributed by atoms with Gasteiger partial charge in [0.15, 0.2) is 0 Å². The Labute approximate surface area is 123 Å². The Hall–Kier alpha value is -0.770. The van der Waals surface area contributed by atoms with Gasteiger partial charge in [-0.2, -0.15) is 0 Å². The van der Waals surface area contributed by atoms with Gasteiger partial charge in [-0.15, -0.1) is 0 Å². The molecule has 0 spiro atoms. The van der Waals surface area contributed by atoms with E-state index in [2.05, 4.69) is 0 Å². The third kappa shape index (κ3) is 3.41. The van der Waals surface area contributed by atoms with Crippen LogP contribution in [0.5, 0.6) is 0 Å². The molecule has 5 heteroatoms. The molecule has 3 nitrogen and oxygen atoms in total. The number of hydrogen-bond acceptors (Lipinski definition) is 2. The van der Waals surface area contributed by atoms with Gasteiger partial charge in [0.25, 0.3) is 5.91 Å². The topological polar surface area (TPSA) is 40.5 Å². The summed E-state index contributed by atoms with van der Waals surface area (Å²) >= 11 is 11.9. The summed E-state index contributed by atoms with van der Waals surface area (Å²) in [5.74, 6) is -0.0397. The first-order valence-corrected chi connectivity index (χ1v) is 7.26. The highest BCUT2D eigenvalue weighted by Gasteiger charge is 2.29. The van der Waals surface area contributed by atoms with E-state index >= 15 is 0 Å². The van der Waals surface area contributed by atoms with Crippen LogP contribution in [0.4, 0.5) is 0 Å². The number of aliphatic hydroxyl groups excluding tert-OH is 1. The van der Waals surface area contributed by atoms with Crippen molar-refractivity contribution in [3.05, 3.63) is 33.8 Å². The summed E-state index contributed by atoms with van der Waals surface area (Å²) in [6.45, 7) is 0.925. The van der Waals surface area contributed by atoms with Crippen LogP contribution in [0, 0.1) is 0 Å². The third-order valence-electron chi connectivity index (χ3n) is 3.50. The molecule has 1 aliphatic heterocycles. The molecule has 0 aliphatic carbocycles. The fourth-order valence-corrected chi connectivity index (χ4v) is 3.04. The van der Waals surface area contributed by atoms with E-state index in [0.29, 0.717) is 15.6 Å². The molecule has 1 N–H and O–H groups in total. The van der Waals surface area contributed by atoms with Gasteiger partial charge >= 0.3 is 0 Å². The average Bonchev–Trinajstić information content (AvgIpc) is 2.83. The number of carbonyl (C=O) groups excluding carboxylic acids is 1. The molecule has 1 aromatic rings. The highest BCUT2D eigenvalue weighted by atomic mass is 35.5. The molecule has 1 heterocycles. The molecule has 1 aliphatic rings. The number of halogens is 2. The second-order valence-corrected chi connectivity index (χ2v) is 5.63. The van der Waals surface area contributed by atoms with Gasteiger partial charge in [-0.1, -0.05) is 23.2 Å². The van der Waals surface area contributed by atoms with Gasteiger partial charge in [-0.3, -0.25) is 4.79 Å². The molecule has 1 amide bonds. The van der Waals surface area contributed by atoms with E-state index in [9.17, 15) is 4.79 Å². The van der Waals surface area contributed by atoms with E-state index in [1.54, 1.807) is 18.2 Å². The van der Waals surface area contributed by atoms with Crippen molar-refractivity contribution in [1.82, 2.24) is 4.90 Å². The largest absolute Gasteiger partial charge is 0.396 e. The molecule has 1 aromatic carbocycles. The molecular weight excluding hydrogens is 285 g/mol. The number of amides is 1. The Bertz CT molecular complexity index is 465. The molecule has 2 rings (SSSR count). The smallest absolute Gasteiger partial charge is 0.255 e. The summed E-state index contributed by atoms with van der Waals surface area (Å²) < 4.78 is 0. The van der Waals surface area contributed by atoms with E-state index in [0.717, 1.165) is 32.2 Å². The molecule has 1 atom stereocenters. The second kappa shape index (κ2) is 6.60. The molecule has 1 fully saturated rings. The number of nitrogens with zero attached hydrogens (tertiary/aromatic N) is 1. The van der Waals surface area contributed by atoms with E-state index in [-0.39, 0.29) is 18.6 Å². The SMILES string of the molecule is O=C(c1ccc(Cl)cc1Cl)N1CCCC1CCCO. The quantitative estimate of drug-likeness (QED) is 0.926. The van der Waals surface area contributed by atoms with Crippen LogP contribution in [-0.4, -0.2) is 35.1 Å². The number of carbonyl (C=O) groups is 1. The number of hydrogen-bond donors (Lipinski definition) is 1. The summed E-state index contributed by atoms with van der Waals surface area (Å²) in [6.07, 6.45) is 3.57. The van der Waals surface area contributed by atoms with Crippen LogP contribution in [-0.2, 0) is 0 Å². The van der Waals surface area contributed by atoms with Gasteiger partial charge in [0.2, 0.25) is 0 Å². The van der Waals surface area contributed by atoms with Crippen molar-refractivity contribution < 1.29 is 9.90 Å². The number of benzene rings is 1. The minimum absolute atomic E-state index is 0.0397. The Kier molecular flexibility index (Phi) is 5.08. The molecular formula is C14H17Cl2NO2. The van der Waals surface area contributed by atoms with Crippen LogP contribution in [0.15, 0.2) is 18.2 Å².